The first-order chi connectivity index (χ1) is 6.45. The number of hydrogen-bond acceptors (Lipinski definition) is 5. The maximum Gasteiger partial charge on any atom is 0.174 e. The first kappa shape index (κ1) is 9.43. The van der Waals surface area contributed by atoms with E-state index in [4.69, 9.17) is 0 Å². The molecule has 0 aliphatic heterocycles. The Labute approximate surface area is 86.3 Å². The summed E-state index contributed by atoms with van der Waals surface area (Å²) < 4.78 is 1.09. The SMILES string of the molecule is c1nnc(SCCCNC2CC2)s1. The van der Waals surface area contributed by atoms with Gasteiger partial charge in [-0.2, -0.15) is 0 Å². The predicted octanol–water partition coefficient (Wildman–Crippen LogP) is 1.77. The molecule has 0 spiro atoms. The van der Waals surface area contributed by atoms with E-state index in [2.05, 4.69) is 15.5 Å². The Morgan fingerprint density at radius 1 is 1.62 bits per heavy atom. The molecule has 72 valence electrons. The van der Waals surface area contributed by atoms with Crippen LogP contribution >= 0.6 is 23.1 Å². The van der Waals surface area contributed by atoms with Crippen molar-refractivity contribution < 1.29 is 0 Å². The highest BCUT2D eigenvalue weighted by atomic mass is 32.2. The van der Waals surface area contributed by atoms with Crippen molar-refractivity contribution in [3.05, 3.63) is 5.51 Å². The smallest absolute Gasteiger partial charge is 0.174 e. The number of nitrogens with zero attached hydrogens (tertiary/aromatic N) is 2. The van der Waals surface area contributed by atoms with Crippen LogP contribution in [0, 0.1) is 0 Å². The van der Waals surface area contributed by atoms with Gasteiger partial charge < -0.3 is 5.32 Å². The third-order valence-corrected chi connectivity index (χ3v) is 3.84. The molecule has 1 aromatic heterocycles. The van der Waals surface area contributed by atoms with Crippen molar-refractivity contribution in [2.45, 2.75) is 29.6 Å². The van der Waals surface area contributed by atoms with Gasteiger partial charge in [-0.15, -0.1) is 10.2 Å². The predicted molar refractivity (Wildman–Crippen MR) is 56.3 cm³/mol. The first-order valence-corrected chi connectivity index (χ1v) is 6.44. The molecule has 2 rings (SSSR count). The molecule has 0 saturated heterocycles. The van der Waals surface area contributed by atoms with Gasteiger partial charge in [-0.1, -0.05) is 23.1 Å². The minimum Gasteiger partial charge on any atom is -0.314 e. The molecule has 1 aliphatic rings. The summed E-state index contributed by atoms with van der Waals surface area (Å²) in [6.07, 6.45) is 3.98. The Morgan fingerprint density at radius 2 is 2.54 bits per heavy atom. The van der Waals surface area contributed by atoms with Crippen molar-refractivity contribution >= 4 is 23.1 Å². The van der Waals surface area contributed by atoms with Crippen LogP contribution in [0.4, 0.5) is 0 Å². The van der Waals surface area contributed by atoms with Gasteiger partial charge in [0.1, 0.15) is 5.51 Å². The van der Waals surface area contributed by atoms with Crippen molar-refractivity contribution in [1.29, 1.82) is 0 Å². The molecule has 1 heterocycles. The summed E-state index contributed by atoms with van der Waals surface area (Å²) in [7, 11) is 0. The van der Waals surface area contributed by atoms with Crippen LogP contribution in [-0.4, -0.2) is 28.5 Å². The van der Waals surface area contributed by atoms with Crippen molar-refractivity contribution in [3.8, 4) is 0 Å². The monoisotopic (exact) mass is 215 g/mol. The zero-order chi connectivity index (χ0) is 8.93. The van der Waals surface area contributed by atoms with Gasteiger partial charge in [0.15, 0.2) is 4.34 Å². The van der Waals surface area contributed by atoms with Crippen LogP contribution in [0.15, 0.2) is 9.85 Å². The molecule has 0 bridgehead atoms. The molecule has 5 heteroatoms. The van der Waals surface area contributed by atoms with Crippen LogP contribution in [-0.2, 0) is 0 Å². The molecule has 0 aromatic carbocycles. The maximum absolute atomic E-state index is 3.97. The third-order valence-electron chi connectivity index (χ3n) is 1.90. The summed E-state index contributed by atoms with van der Waals surface area (Å²) in [5.41, 5.74) is 1.78. The van der Waals surface area contributed by atoms with Gasteiger partial charge in [-0.25, -0.2) is 0 Å². The average molecular weight is 215 g/mol. The Balaban J connectivity index is 1.48. The van der Waals surface area contributed by atoms with E-state index in [0.717, 1.165) is 22.7 Å². The van der Waals surface area contributed by atoms with Crippen LogP contribution in [0.1, 0.15) is 19.3 Å². The van der Waals surface area contributed by atoms with Gasteiger partial charge in [-0.05, 0) is 25.8 Å². The minimum absolute atomic E-state index is 0.839. The van der Waals surface area contributed by atoms with Crippen molar-refractivity contribution in [2.24, 2.45) is 0 Å². The Kier molecular flexibility index (Phi) is 3.57. The van der Waals surface area contributed by atoms with E-state index in [1.807, 2.05) is 0 Å². The van der Waals surface area contributed by atoms with Crippen molar-refractivity contribution in [1.82, 2.24) is 15.5 Å². The Hall–Kier alpha value is -0.130. The van der Waals surface area contributed by atoms with E-state index < -0.39 is 0 Å². The molecule has 3 nitrogen and oxygen atoms in total. The topological polar surface area (TPSA) is 37.8 Å². The number of hydrogen-bond donors (Lipinski definition) is 1. The standard InChI is InChI=1S/C8H13N3S2/c1(4-9-7-2-3-7)5-12-8-11-10-6-13-8/h6-7,9H,1-5H2. The lowest BCUT2D eigenvalue weighted by Crippen LogP contribution is -2.17. The van der Waals surface area contributed by atoms with E-state index in [0.29, 0.717) is 0 Å². The van der Waals surface area contributed by atoms with Gasteiger partial charge in [0.2, 0.25) is 0 Å². The van der Waals surface area contributed by atoms with E-state index in [-0.39, 0.29) is 0 Å². The van der Waals surface area contributed by atoms with Crippen LogP contribution < -0.4 is 5.32 Å². The van der Waals surface area contributed by atoms with E-state index in [1.54, 1.807) is 28.6 Å². The number of aromatic nitrogens is 2. The summed E-state index contributed by atoms with van der Waals surface area (Å²) in [5, 5.41) is 11.3. The van der Waals surface area contributed by atoms with Crippen molar-refractivity contribution in [2.75, 3.05) is 12.3 Å². The van der Waals surface area contributed by atoms with E-state index >= 15 is 0 Å². The highest BCUT2D eigenvalue weighted by Gasteiger charge is 2.19. The normalized spacial score (nSPS) is 16.3. The largest absolute Gasteiger partial charge is 0.314 e. The maximum atomic E-state index is 3.97. The van der Waals surface area contributed by atoms with Crippen molar-refractivity contribution in [3.63, 3.8) is 0 Å². The second kappa shape index (κ2) is 4.93. The molecule has 0 unspecified atom stereocenters. The zero-order valence-electron chi connectivity index (χ0n) is 7.40. The highest BCUT2D eigenvalue weighted by molar-refractivity contribution is 8.00. The Bertz CT molecular complexity index is 234. The summed E-state index contributed by atoms with van der Waals surface area (Å²) in [4.78, 5) is 0. The molecule has 1 fully saturated rings. The molecular formula is C8H13N3S2. The van der Waals surface area contributed by atoms with Crippen LogP contribution in [0.25, 0.3) is 0 Å². The van der Waals surface area contributed by atoms with Gasteiger partial charge in [0.05, 0.1) is 0 Å². The lowest BCUT2D eigenvalue weighted by atomic mass is 10.5. The summed E-state index contributed by atoms with van der Waals surface area (Å²) in [6.45, 7) is 1.15. The molecule has 13 heavy (non-hydrogen) atoms. The highest BCUT2D eigenvalue weighted by Crippen LogP contribution is 2.20. The van der Waals surface area contributed by atoms with Gasteiger partial charge in [0.25, 0.3) is 0 Å². The molecule has 1 saturated carbocycles. The fourth-order valence-electron chi connectivity index (χ4n) is 1.05. The number of thioether (sulfide) groups is 1. The van der Waals surface area contributed by atoms with Crippen LogP contribution in [0.5, 0.6) is 0 Å². The quantitative estimate of drug-likeness (QED) is 0.580. The van der Waals surface area contributed by atoms with Gasteiger partial charge in [0, 0.05) is 11.8 Å². The zero-order valence-corrected chi connectivity index (χ0v) is 9.03. The summed E-state index contributed by atoms with van der Waals surface area (Å²) in [6, 6.07) is 0.839. The summed E-state index contributed by atoms with van der Waals surface area (Å²) in [5.74, 6) is 1.15. The number of nitrogens with one attached hydrogen (secondary N) is 1. The van der Waals surface area contributed by atoms with E-state index in [9.17, 15) is 0 Å². The summed E-state index contributed by atoms with van der Waals surface area (Å²) >= 11 is 3.42. The average Bonchev–Trinajstić information content (AvgIpc) is 2.81. The molecule has 0 radical (unpaired) electrons. The third kappa shape index (κ3) is 3.62. The second-order valence-corrected chi connectivity index (χ2v) is 5.31. The number of rotatable bonds is 6. The molecule has 0 amide bonds. The van der Waals surface area contributed by atoms with Gasteiger partial charge >= 0.3 is 0 Å². The fourth-order valence-corrected chi connectivity index (χ4v) is 2.55. The lowest BCUT2D eigenvalue weighted by molar-refractivity contribution is 0.674. The van der Waals surface area contributed by atoms with Crippen LogP contribution in [0.3, 0.4) is 0 Å². The molecule has 1 N–H and O–H groups in total. The fraction of sp³-hybridized carbons (Fsp3) is 0.750. The molecular weight excluding hydrogens is 202 g/mol. The first-order valence-electron chi connectivity index (χ1n) is 4.57. The van der Waals surface area contributed by atoms with Gasteiger partial charge in [-0.3, -0.25) is 0 Å². The van der Waals surface area contributed by atoms with Crippen LogP contribution in [0.2, 0.25) is 0 Å². The second-order valence-electron chi connectivity index (χ2n) is 3.14. The molecule has 0 atom stereocenters. The molecule has 1 aliphatic carbocycles. The minimum atomic E-state index is 0.839. The Morgan fingerprint density at radius 3 is 3.23 bits per heavy atom. The lowest BCUT2D eigenvalue weighted by Gasteiger charge is -2.00. The van der Waals surface area contributed by atoms with E-state index in [1.165, 1.54) is 19.3 Å². The molecule has 1 aromatic rings.